The Labute approximate surface area is 109 Å². The topological polar surface area (TPSA) is 70.7 Å². The molecule has 2 aromatic rings. The van der Waals surface area contributed by atoms with E-state index in [-0.39, 0.29) is 5.43 Å². The Morgan fingerprint density at radius 3 is 3.00 bits per heavy atom. The van der Waals surface area contributed by atoms with E-state index in [0.717, 1.165) is 23.7 Å². The van der Waals surface area contributed by atoms with E-state index in [4.69, 9.17) is 0 Å². The molecular formula is C12H16N4OS. The van der Waals surface area contributed by atoms with Crippen LogP contribution in [-0.2, 0) is 6.54 Å². The quantitative estimate of drug-likeness (QED) is 0.806. The molecule has 0 atom stereocenters. The molecule has 2 heterocycles. The molecule has 0 amide bonds. The molecule has 0 aliphatic heterocycles. The molecule has 0 radical (unpaired) electrons. The highest BCUT2D eigenvalue weighted by Gasteiger charge is 2.09. The summed E-state index contributed by atoms with van der Waals surface area (Å²) in [6.07, 6.45) is 2.78. The van der Waals surface area contributed by atoms with E-state index in [9.17, 15) is 4.79 Å². The fourth-order valence-corrected chi connectivity index (χ4v) is 2.38. The van der Waals surface area contributed by atoms with Gasteiger partial charge in [-0.15, -0.1) is 10.2 Å². The van der Waals surface area contributed by atoms with Crippen molar-refractivity contribution < 1.29 is 0 Å². The van der Waals surface area contributed by atoms with Gasteiger partial charge < -0.3 is 10.3 Å². The van der Waals surface area contributed by atoms with Crippen LogP contribution in [0.3, 0.4) is 0 Å². The molecule has 2 aromatic heterocycles. The maximum absolute atomic E-state index is 11.8. The molecule has 0 spiro atoms. The van der Waals surface area contributed by atoms with E-state index < -0.39 is 0 Å². The minimum Gasteiger partial charge on any atom is -0.364 e. The number of aromatic nitrogens is 3. The van der Waals surface area contributed by atoms with E-state index in [1.165, 1.54) is 11.3 Å². The largest absolute Gasteiger partial charge is 0.364 e. The molecule has 6 heteroatoms. The molecular weight excluding hydrogens is 248 g/mol. The normalized spacial score (nSPS) is 10.8. The first-order chi connectivity index (χ1) is 8.70. The van der Waals surface area contributed by atoms with Crippen molar-refractivity contribution in [3.05, 3.63) is 33.2 Å². The van der Waals surface area contributed by atoms with Gasteiger partial charge in [-0.3, -0.25) is 4.79 Å². The van der Waals surface area contributed by atoms with Gasteiger partial charge in [0.05, 0.1) is 5.56 Å². The summed E-state index contributed by atoms with van der Waals surface area (Å²) in [5.74, 6) is 0. The van der Waals surface area contributed by atoms with Gasteiger partial charge >= 0.3 is 0 Å². The lowest BCUT2D eigenvalue weighted by Crippen LogP contribution is -2.13. The lowest BCUT2D eigenvalue weighted by atomic mass is 10.2. The Balaban J connectivity index is 2.16. The maximum atomic E-state index is 11.8. The zero-order valence-electron chi connectivity index (χ0n) is 10.5. The van der Waals surface area contributed by atoms with E-state index in [1.54, 1.807) is 12.3 Å². The number of aromatic amines is 1. The van der Waals surface area contributed by atoms with Crippen molar-refractivity contribution >= 4 is 11.3 Å². The standard InChI is InChI=1S/C12H16N4OS/c1-3-4-13-7-11-15-16-12(18-11)9-6-14-8(2)5-10(9)17/h5-6,13H,3-4,7H2,1-2H3,(H,14,17). The highest BCUT2D eigenvalue weighted by Crippen LogP contribution is 2.19. The Morgan fingerprint density at radius 1 is 1.44 bits per heavy atom. The first-order valence-electron chi connectivity index (χ1n) is 5.93. The lowest BCUT2D eigenvalue weighted by Gasteiger charge is -1.97. The van der Waals surface area contributed by atoms with E-state index in [0.29, 0.717) is 17.1 Å². The zero-order chi connectivity index (χ0) is 13.0. The fraction of sp³-hybridized carbons (Fsp3) is 0.417. The molecule has 5 nitrogen and oxygen atoms in total. The van der Waals surface area contributed by atoms with Crippen molar-refractivity contribution in [2.45, 2.75) is 26.8 Å². The second-order valence-electron chi connectivity index (χ2n) is 4.07. The van der Waals surface area contributed by atoms with Gasteiger partial charge in [-0.25, -0.2) is 0 Å². The molecule has 96 valence electrons. The predicted octanol–water partition coefficient (Wildman–Crippen LogP) is 1.70. The summed E-state index contributed by atoms with van der Waals surface area (Å²) in [5.41, 5.74) is 1.41. The van der Waals surface area contributed by atoms with Crippen LogP contribution < -0.4 is 10.7 Å². The number of pyridine rings is 1. The van der Waals surface area contributed by atoms with Gasteiger partial charge in [0.1, 0.15) is 5.01 Å². The van der Waals surface area contributed by atoms with Crippen LogP contribution in [0.4, 0.5) is 0 Å². The van der Waals surface area contributed by atoms with Crippen LogP contribution in [-0.4, -0.2) is 21.7 Å². The highest BCUT2D eigenvalue weighted by molar-refractivity contribution is 7.14. The van der Waals surface area contributed by atoms with Crippen LogP contribution in [0, 0.1) is 6.92 Å². The van der Waals surface area contributed by atoms with Crippen molar-refractivity contribution in [2.24, 2.45) is 0 Å². The fourth-order valence-electron chi connectivity index (χ4n) is 1.55. The Bertz CT molecular complexity index is 575. The molecule has 0 fully saturated rings. The summed E-state index contributed by atoms with van der Waals surface area (Å²) in [4.78, 5) is 14.8. The average molecular weight is 264 g/mol. The van der Waals surface area contributed by atoms with Gasteiger partial charge in [0.15, 0.2) is 10.4 Å². The predicted molar refractivity (Wildman–Crippen MR) is 72.7 cm³/mol. The van der Waals surface area contributed by atoms with Crippen molar-refractivity contribution in [3.63, 3.8) is 0 Å². The third-order valence-corrected chi connectivity index (χ3v) is 3.41. The number of H-pyrrole nitrogens is 1. The minimum absolute atomic E-state index is 0.0181. The summed E-state index contributed by atoms with van der Waals surface area (Å²) in [6, 6.07) is 1.58. The summed E-state index contributed by atoms with van der Waals surface area (Å²) in [7, 11) is 0. The van der Waals surface area contributed by atoms with Gasteiger partial charge in [-0.1, -0.05) is 18.3 Å². The second kappa shape index (κ2) is 5.88. The molecule has 0 saturated heterocycles. The number of hydrogen-bond donors (Lipinski definition) is 2. The molecule has 2 rings (SSSR count). The van der Waals surface area contributed by atoms with Crippen LogP contribution in [0.5, 0.6) is 0 Å². The second-order valence-corrected chi connectivity index (χ2v) is 5.13. The van der Waals surface area contributed by atoms with Crippen LogP contribution in [0.25, 0.3) is 10.6 Å². The van der Waals surface area contributed by atoms with Gasteiger partial charge in [0.25, 0.3) is 0 Å². The Morgan fingerprint density at radius 2 is 2.28 bits per heavy atom. The van der Waals surface area contributed by atoms with Crippen LogP contribution in [0.2, 0.25) is 0 Å². The maximum Gasteiger partial charge on any atom is 0.192 e. The number of nitrogens with zero attached hydrogens (tertiary/aromatic N) is 2. The van der Waals surface area contributed by atoms with E-state index >= 15 is 0 Å². The van der Waals surface area contributed by atoms with E-state index in [2.05, 4.69) is 27.4 Å². The van der Waals surface area contributed by atoms with Gasteiger partial charge in [-0.2, -0.15) is 0 Å². The summed E-state index contributed by atoms with van der Waals surface area (Å²) in [6.45, 7) is 5.63. The highest BCUT2D eigenvalue weighted by atomic mass is 32.1. The van der Waals surface area contributed by atoms with Gasteiger partial charge in [0, 0.05) is 24.5 Å². The van der Waals surface area contributed by atoms with Crippen molar-refractivity contribution in [2.75, 3.05) is 6.54 Å². The minimum atomic E-state index is -0.0181. The third-order valence-electron chi connectivity index (χ3n) is 2.46. The Hall–Kier alpha value is -1.53. The van der Waals surface area contributed by atoms with Crippen LogP contribution in [0.1, 0.15) is 24.0 Å². The molecule has 18 heavy (non-hydrogen) atoms. The molecule has 0 bridgehead atoms. The summed E-state index contributed by atoms with van der Waals surface area (Å²) >= 11 is 1.45. The van der Waals surface area contributed by atoms with Crippen molar-refractivity contribution in [1.29, 1.82) is 0 Å². The number of hydrogen-bond acceptors (Lipinski definition) is 5. The summed E-state index contributed by atoms with van der Waals surface area (Å²) in [5, 5.41) is 13.0. The third kappa shape index (κ3) is 3.02. The molecule has 0 aliphatic carbocycles. The smallest absolute Gasteiger partial charge is 0.192 e. The molecule has 0 saturated carbocycles. The monoisotopic (exact) mass is 264 g/mol. The number of nitrogens with one attached hydrogen (secondary N) is 2. The van der Waals surface area contributed by atoms with Crippen molar-refractivity contribution in [1.82, 2.24) is 20.5 Å². The van der Waals surface area contributed by atoms with Crippen LogP contribution in [0.15, 0.2) is 17.1 Å². The van der Waals surface area contributed by atoms with Crippen molar-refractivity contribution in [3.8, 4) is 10.6 Å². The number of aryl methyl sites for hydroxylation is 1. The first-order valence-corrected chi connectivity index (χ1v) is 6.75. The lowest BCUT2D eigenvalue weighted by molar-refractivity contribution is 0.668. The Kier molecular flexibility index (Phi) is 4.22. The average Bonchev–Trinajstić information content (AvgIpc) is 2.78. The van der Waals surface area contributed by atoms with Gasteiger partial charge in [0.2, 0.25) is 0 Å². The first kappa shape index (κ1) is 12.9. The molecule has 0 aliphatic rings. The SMILES string of the molecule is CCCNCc1nnc(-c2c[nH]c(C)cc2=O)s1. The van der Waals surface area contributed by atoms with Gasteiger partial charge in [-0.05, 0) is 19.9 Å². The summed E-state index contributed by atoms with van der Waals surface area (Å²) < 4.78 is 0. The zero-order valence-corrected chi connectivity index (χ0v) is 11.3. The molecule has 0 unspecified atom stereocenters. The molecule has 0 aromatic carbocycles. The molecule has 2 N–H and O–H groups in total. The van der Waals surface area contributed by atoms with E-state index in [1.807, 2.05) is 6.92 Å². The number of rotatable bonds is 5. The van der Waals surface area contributed by atoms with Crippen LogP contribution >= 0.6 is 11.3 Å².